The summed E-state index contributed by atoms with van der Waals surface area (Å²) in [4.78, 5) is 6.64. The van der Waals surface area contributed by atoms with E-state index in [1.807, 2.05) is 25.2 Å². The number of anilines is 1. The van der Waals surface area contributed by atoms with E-state index in [2.05, 4.69) is 45.5 Å². The summed E-state index contributed by atoms with van der Waals surface area (Å²) >= 11 is 0. The van der Waals surface area contributed by atoms with Crippen LogP contribution in [-0.4, -0.2) is 24.7 Å². The van der Waals surface area contributed by atoms with Gasteiger partial charge in [-0.15, -0.1) is 0 Å². The van der Waals surface area contributed by atoms with E-state index >= 15 is 0 Å². The molecule has 1 aliphatic heterocycles. The predicted octanol–water partition coefficient (Wildman–Crippen LogP) is 2.32. The smallest absolute Gasteiger partial charge is 0.198 e. The first-order valence-corrected chi connectivity index (χ1v) is 7.56. The average molecular weight is 295 g/mol. The van der Waals surface area contributed by atoms with E-state index in [9.17, 15) is 5.11 Å². The van der Waals surface area contributed by atoms with Crippen LogP contribution in [0.4, 0.5) is 5.69 Å². The third-order valence-corrected chi connectivity index (χ3v) is 3.98. The summed E-state index contributed by atoms with van der Waals surface area (Å²) in [6, 6.07) is 16.4. The lowest BCUT2D eigenvalue weighted by atomic mass is 10.1. The molecule has 4 heteroatoms. The number of rotatable bonds is 3. The van der Waals surface area contributed by atoms with Crippen LogP contribution in [0.5, 0.6) is 0 Å². The molecular weight excluding hydrogens is 274 g/mol. The zero-order valence-corrected chi connectivity index (χ0v) is 12.8. The van der Waals surface area contributed by atoms with Crippen LogP contribution in [0.1, 0.15) is 16.7 Å². The van der Waals surface area contributed by atoms with Crippen LogP contribution in [-0.2, 0) is 19.6 Å². The van der Waals surface area contributed by atoms with Gasteiger partial charge in [-0.1, -0.05) is 42.5 Å². The molecule has 0 fully saturated rings. The third kappa shape index (κ3) is 2.97. The van der Waals surface area contributed by atoms with Crippen LogP contribution >= 0.6 is 0 Å². The Labute approximate surface area is 131 Å². The molecular formula is C18H21N3O. The van der Waals surface area contributed by atoms with Gasteiger partial charge in [0.15, 0.2) is 5.96 Å². The van der Waals surface area contributed by atoms with E-state index in [0.717, 1.165) is 30.1 Å². The number of benzene rings is 2. The van der Waals surface area contributed by atoms with Gasteiger partial charge in [0.05, 0.1) is 6.61 Å². The second-order valence-corrected chi connectivity index (χ2v) is 5.41. The van der Waals surface area contributed by atoms with Crippen molar-refractivity contribution in [3.05, 3.63) is 65.2 Å². The number of nitrogens with zero attached hydrogens (tertiary/aromatic N) is 2. The van der Waals surface area contributed by atoms with E-state index in [-0.39, 0.29) is 6.61 Å². The van der Waals surface area contributed by atoms with Gasteiger partial charge in [0.25, 0.3) is 0 Å². The fraction of sp³-hybridized carbons (Fsp3) is 0.278. The Morgan fingerprint density at radius 3 is 2.82 bits per heavy atom. The first-order chi connectivity index (χ1) is 10.8. The van der Waals surface area contributed by atoms with Crippen molar-refractivity contribution in [2.45, 2.75) is 19.6 Å². The molecule has 2 aromatic carbocycles. The molecule has 4 nitrogen and oxygen atoms in total. The van der Waals surface area contributed by atoms with Gasteiger partial charge >= 0.3 is 0 Å². The molecule has 3 rings (SSSR count). The number of aliphatic imine (C=N–C) groups is 1. The van der Waals surface area contributed by atoms with Gasteiger partial charge in [-0.05, 0) is 29.2 Å². The molecule has 1 aliphatic rings. The minimum absolute atomic E-state index is 0.0715. The Morgan fingerprint density at radius 2 is 2.00 bits per heavy atom. The van der Waals surface area contributed by atoms with Crippen molar-refractivity contribution >= 4 is 11.6 Å². The number of aliphatic hydroxyl groups excluding tert-OH is 1. The number of aliphatic hydroxyl groups is 1. The first kappa shape index (κ1) is 14.6. The summed E-state index contributed by atoms with van der Waals surface area (Å²) in [6.07, 6.45) is 1.05. The van der Waals surface area contributed by atoms with Gasteiger partial charge in [-0.2, -0.15) is 0 Å². The predicted molar refractivity (Wildman–Crippen MR) is 90.1 cm³/mol. The van der Waals surface area contributed by atoms with Crippen LogP contribution in [0.2, 0.25) is 0 Å². The van der Waals surface area contributed by atoms with Crippen LogP contribution in [0.15, 0.2) is 53.5 Å². The van der Waals surface area contributed by atoms with Crippen LogP contribution in [0.3, 0.4) is 0 Å². The van der Waals surface area contributed by atoms with Gasteiger partial charge in [-0.3, -0.25) is 4.99 Å². The lowest BCUT2D eigenvalue weighted by Gasteiger charge is -2.22. The largest absolute Gasteiger partial charge is 0.392 e. The molecule has 114 valence electrons. The normalized spacial score (nSPS) is 14.1. The maximum Gasteiger partial charge on any atom is 0.198 e. The van der Waals surface area contributed by atoms with E-state index in [4.69, 9.17) is 0 Å². The Hall–Kier alpha value is -2.33. The molecule has 0 saturated carbocycles. The van der Waals surface area contributed by atoms with Crippen molar-refractivity contribution in [3.63, 3.8) is 0 Å². The Kier molecular flexibility index (Phi) is 4.39. The number of hydrogen-bond donors (Lipinski definition) is 2. The molecule has 0 aromatic heterocycles. The Morgan fingerprint density at radius 1 is 1.18 bits per heavy atom. The summed E-state index contributed by atoms with van der Waals surface area (Å²) in [5.74, 6) is 0.888. The Bertz CT molecular complexity index is 682. The Balaban J connectivity index is 1.71. The SMILES string of the molecule is CN=C(NCc1cccc(CO)c1)N1CCc2ccccc21. The fourth-order valence-electron chi connectivity index (χ4n) is 2.87. The molecule has 0 unspecified atom stereocenters. The van der Waals surface area contributed by atoms with Gasteiger partial charge in [0.2, 0.25) is 0 Å². The highest BCUT2D eigenvalue weighted by molar-refractivity contribution is 5.97. The van der Waals surface area contributed by atoms with E-state index in [1.54, 1.807) is 0 Å². The van der Waals surface area contributed by atoms with Gasteiger partial charge in [0.1, 0.15) is 0 Å². The average Bonchev–Trinajstić information content (AvgIpc) is 3.00. The fourth-order valence-corrected chi connectivity index (χ4v) is 2.87. The molecule has 0 radical (unpaired) electrons. The zero-order chi connectivity index (χ0) is 15.4. The second-order valence-electron chi connectivity index (χ2n) is 5.41. The molecule has 0 atom stereocenters. The molecule has 22 heavy (non-hydrogen) atoms. The minimum atomic E-state index is 0.0715. The van der Waals surface area contributed by atoms with Crippen LogP contribution in [0.25, 0.3) is 0 Å². The molecule has 0 saturated heterocycles. The maximum absolute atomic E-state index is 9.22. The lowest BCUT2D eigenvalue weighted by molar-refractivity contribution is 0.281. The van der Waals surface area contributed by atoms with E-state index < -0.39 is 0 Å². The molecule has 0 aliphatic carbocycles. The van der Waals surface area contributed by atoms with Crippen molar-refractivity contribution in [3.8, 4) is 0 Å². The van der Waals surface area contributed by atoms with Gasteiger partial charge in [-0.25, -0.2) is 0 Å². The number of guanidine groups is 1. The lowest BCUT2D eigenvalue weighted by Crippen LogP contribution is -2.40. The number of para-hydroxylation sites is 1. The molecule has 0 bridgehead atoms. The third-order valence-electron chi connectivity index (χ3n) is 3.98. The summed E-state index contributed by atoms with van der Waals surface area (Å²) in [5, 5.41) is 12.6. The number of hydrogen-bond acceptors (Lipinski definition) is 2. The van der Waals surface area contributed by atoms with E-state index in [1.165, 1.54) is 11.3 Å². The van der Waals surface area contributed by atoms with Crippen molar-refractivity contribution in [1.29, 1.82) is 0 Å². The minimum Gasteiger partial charge on any atom is -0.392 e. The number of nitrogens with one attached hydrogen (secondary N) is 1. The molecule has 2 N–H and O–H groups in total. The van der Waals surface area contributed by atoms with Crippen molar-refractivity contribution in [2.24, 2.45) is 4.99 Å². The first-order valence-electron chi connectivity index (χ1n) is 7.56. The van der Waals surface area contributed by atoms with E-state index in [0.29, 0.717) is 6.54 Å². The standard InChI is InChI=1S/C18H21N3O/c1-19-18(20-12-14-5-4-6-15(11-14)13-22)21-10-9-16-7-2-3-8-17(16)21/h2-8,11,22H,9-10,12-13H2,1H3,(H,19,20). The highest BCUT2D eigenvalue weighted by Gasteiger charge is 2.22. The monoisotopic (exact) mass is 295 g/mol. The van der Waals surface area contributed by atoms with Gasteiger partial charge < -0.3 is 15.3 Å². The summed E-state index contributed by atoms with van der Waals surface area (Å²) in [6.45, 7) is 1.72. The molecule has 1 heterocycles. The van der Waals surface area contributed by atoms with Crippen molar-refractivity contribution in [2.75, 3.05) is 18.5 Å². The van der Waals surface area contributed by atoms with Crippen LogP contribution in [0, 0.1) is 0 Å². The summed E-state index contributed by atoms with van der Waals surface area (Å²) in [7, 11) is 1.81. The van der Waals surface area contributed by atoms with Crippen LogP contribution < -0.4 is 10.2 Å². The van der Waals surface area contributed by atoms with Crippen molar-refractivity contribution < 1.29 is 5.11 Å². The molecule has 0 spiro atoms. The summed E-state index contributed by atoms with van der Waals surface area (Å²) in [5.41, 5.74) is 4.67. The van der Waals surface area contributed by atoms with Gasteiger partial charge in [0, 0.05) is 25.8 Å². The highest BCUT2D eigenvalue weighted by atomic mass is 16.3. The van der Waals surface area contributed by atoms with Crippen molar-refractivity contribution in [1.82, 2.24) is 5.32 Å². The zero-order valence-electron chi connectivity index (χ0n) is 12.8. The number of fused-ring (bicyclic) bond motifs is 1. The summed E-state index contributed by atoms with van der Waals surface area (Å²) < 4.78 is 0. The molecule has 0 amide bonds. The second kappa shape index (κ2) is 6.62. The highest BCUT2D eigenvalue weighted by Crippen LogP contribution is 2.27. The maximum atomic E-state index is 9.22. The molecule has 2 aromatic rings. The quantitative estimate of drug-likeness (QED) is 0.675. The topological polar surface area (TPSA) is 47.9 Å².